The van der Waals surface area contributed by atoms with Gasteiger partial charge in [0.2, 0.25) is 5.91 Å². The van der Waals surface area contributed by atoms with Crippen molar-refractivity contribution < 1.29 is 47.8 Å². The van der Waals surface area contributed by atoms with Gasteiger partial charge in [0, 0.05) is 12.8 Å². The van der Waals surface area contributed by atoms with Crippen LogP contribution < -0.4 is 5.32 Å². The third kappa shape index (κ3) is 37.4. The summed E-state index contributed by atoms with van der Waals surface area (Å²) in [5.41, 5.74) is 0. The van der Waals surface area contributed by atoms with Crippen molar-refractivity contribution in [2.45, 2.75) is 231 Å². The van der Waals surface area contributed by atoms with Gasteiger partial charge in [0.05, 0.1) is 13.2 Å². The minimum atomic E-state index is -4.75. The van der Waals surface area contributed by atoms with Crippen LogP contribution in [0.1, 0.15) is 219 Å². The first-order chi connectivity index (χ1) is 26.1. The number of carbonyl (C=O) groups excluding carboxylic acids is 2. The second kappa shape index (κ2) is 38.4. The first kappa shape index (κ1) is 52.5. The minimum Gasteiger partial charge on any atom is -0.480 e. The monoisotopic (exact) mass is 792 g/mol. The normalized spacial score (nSPS) is 13.7. The van der Waals surface area contributed by atoms with E-state index in [1.807, 2.05) is 0 Å². The van der Waals surface area contributed by atoms with Crippen molar-refractivity contribution in [3.05, 3.63) is 0 Å². The van der Waals surface area contributed by atoms with Crippen LogP contribution in [-0.4, -0.2) is 64.9 Å². The predicted molar refractivity (Wildman–Crippen MR) is 217 cm³/mol. The van der Waals surface area contributed by atoms with Crippen LogP contribution in [-0.2, 0) is 32.7 Å². The Morgan fingerprint density at radius 3 is 1.22 bits per heavy atom. The molecule has 0 aromatic carbocycles. The van der Waals surface area contributed by atoms with E-state index in [-0.39, 0.29) is 12.8 Å². The van der Waals surface area contributed by atoms with Crippen LogP contribution in [0.2, 0.25) is 0 Å². The van der Waals surface area contributed by atoms with E-state index >= 15 is 0 Å². The molecule has 0 saturated carbocycles. The second-order valence-corrected chi connectivity index (χ2v) is 16.7. The number of carboxylic acids is 1. The van der Waals surface area contributed by atoms with Gasteiger partial charge in [-0.1, -0.05) is 194 Å². The Balaban J connectivity index is 3.87. The van der Waals surface area contributed by atoms with E-state index < -0.39 is 57.6 Å². The summed E-state index contributed by atoms with van der Waals surface area (Å²) in [5.74, 6) is -2.35. The molecule has 320 valence electrons. The first-order valence-electron chi connectivity index (χ1n) is 22.1. The fourth-order valence-corrected chi connectivity index (χ4v) is 7.21. The number of aliphatic hydroxyl groups excluding tert-OH is 1. The molecular weight excluding hydrogens is 709 g/mol. The van der Waals surface area contributed by atoms with Crippen LogP contribution in [0.4, 0.5) is 0 Å². The Hall–Kier alpha value is -1.52. The number of nitrogens with one attached hydrogen (secondary N) is 1. The Kier molecular flexibility index (Phi) is 37.3. The molecule has 0 aliphatic rings. The predicted octanol–water partition coefficient (Wildman–Crippen LogP) is 11.1. The maximum absolute atomic E-state index is 12.3. The third-order valence-electron chi connectivity index (χ3n) is 9.90. The van der Waals surface area contributed by atoms with Crippen molar-refractivity contribution in [3.63, 3.8) is 0 Å². The summed E-state index contributed by atoms with van der Waals surface area (Å²) in [6.07, 6.45) is 35.5. The number of hydrogen-bond acceptors (Lipinski definition) is 8. The summed E-state index contributed by atoms with van der Waals surface area (Å²) in [4.78, 5) is 45.9. The van der Waals surface area contributed by atoms with Gasteiger partial charge in [0.1, 0.15) is 12.7 Å². The van der Waals surface area contributed by atoms with E-state index in [9.17, 15) is 34.1 Å². The average molecular weight is 792 g/mol. The molecule has 0 saturated heterocycles. The molecule has 0 aliphatic carbocycles. The third-order valence-corrected chi connectivity index (χ3v) is 10.8. The summed E-state index contributed by atoms with van der Waals surface area (Å²) in [6, 6.07) is -1.54. The molecule has 0 bridgehead atoms. The lowest BCUT2D eigenvalue weighted by Crippen LogP contribution is -2.43. The van der Waals surface area contributed by atoms with Gasteiger partial charge in [0.15, 0.2) is 6.04 Å². The molecule has 12 heteroatoms. The van der Waals surface area contributed by atoms with E-state index in [4.69, 9.17) is 13.8 Å². The smallest absolute Gasteiger partial charge is 0.472 e. The van der Waals surface area contributed by atoms with Crippen molar-refractivity contribution in [1.82, 2.24) is 5.32 Å². The van der Waals surface area contributed by atoms with Crippen LogP contribution in [0.3, 0.4) is 0 Å². The zero-order valence-electron chi connectivity index (χ0n) is 34.6. The van der Waals surface area contributed by atoms with E-state index in [1.165, 1.54) is 141 Å². The molecule has 54 heavy (non-hydrogen) atoms. The number of carbonyl (C=O) groups is 3. The van der Waals surface area contributed by atoms with Crippen LogP contribution >= 0.6 is 7.82 Å². The number of phosphoric ester groups is 1. The summed E-state index contributed by atoms with van der Waals surface area (Å²) in [7, 11) is -4.75. The lowest BCUT2D eigenvalue weighted by molar-refractivity contribution is -0.147. The van der Waals surface area contributed by atoms with E-state index in [0.717, 1.165) is 38.5 Å². The molecule has 0 fully saturated rings. The van der Waals surface area contributed by atoms with Gasteiger partial charge in [-0.3, -0.25) is 18.6 Å². The van der Waals surface area contributed by atoms with E-state index in [1.54, 1.807) is 0 Å². The molecule has 3 unspecified atom stereocenters. The topological polar surface area (TPSA) is 169 Å². The number of carboxylic acid groups (broad SMARTS) is 1. The Bertz CT molecular complexity index is 937. The summed E-state index contributed by atoms with van der Waals surface area (Å²) in [6.45, 7) is 2.62. The van der Waals surface area contributed by atoms with Crippen molar-refractivity contribution in [1.29, 1.82) is 0 Å². The lowest BCUT2D eigenvalue weighted by Gasteiger charge is -2.18. The van der Waals surface area contributed by atoms with Crippen LogP contribution in [0, 0.1) is 0 Å². The number of esters is 1. The fraction of sp³-hybridized carbons (Fsp3) is 0.929. The standard InChI is InChI=1S/C42H82NO10P/c1-3-5-7-9-11-13-15-17-18-19-20-22-23-25-27-29-31-33-40(45)43-39(42(47)48)37-53-54(49,50)52-36-38(44)35-51-41(46)34-32-30-28-26-24-21-16-14-12-10-8-6-4-2/h38-39,44H,3-37H2,1-2H3,(H,43,45)(H,47,48)(H,49,50). The largest absolute Gasteiger partial charge is 0.480 e. The molecule has 4 N–H and O–H groups in total. The molecule has 0 aromatic heterocycles. The van der Waals surface area contributed by atoms with Crippen LogP contribution in [0.25, 0.3) is 0 Å². The van der Waals surface area contributed by atoms with Gasteiger partial charge in [-0.2, -0.15) is 0 Å². The summed E-state index contributed by atoms with van der Waals surface area (Å²) in [5, 5.41) is 21.8. The fourth-order valence-electron chi connectivity index (χ4n) is 6.43. The van der Waals surface area contributed by atoms with Gasteiger partial charge >= 0.3 is 19.8 Å². The quantitative estimate of drug-likeness (QED) is 0.0265. The first-order valence-corrected chi connectivity index (χ1v) is 23.6. The van der Waals surface area contributed by atoms with Gasteiger partial charge in [-0.15, -0.1) is 0 Å². The summed E-state index contributed by atoms with van der Waals surface area (Å²) < 4.78 is 26.8. The minimum absolute atomic E-state index is 0.153. The van der Waals surface area contributed by atoms with Crippen molar-refractivity contribution in [2.75, 3.05) is 19.8 Å². The number of rotatable bonds is 42. The Morgan fingerprint density at radius 2 is 0.852 bits per heavy atom. The Morgan fingerprint density at radius 1 is 0.519 bits per heavy atom. The lowest BCUT2D eigenvalue weighted by atomic mass is 10.0. The molecule has 3 atom stereocenters. The van der Waals surface area contributed by atoms with E-state index in [0.29, 0.717) is 12.8 Å². The average Bonchev–Trinajstić information content (AvgIpc) is 3.14. The number of aliphatic hydroxyl groups is 1. The van der Waals surface area contributed by atoms with Gasteiger partial charge < -0.3 is 25.2 Å². The number of ether oxygens (including phenoxy) is 1. The summed E-state index contributed by atoms with van der Waals surface area (Å²) >= 11 is 0. The van der Waals surface area contributed by atoms with Gasteiger partial charge in [-0.25, -0.2) is 9.36 Å². The number of amides is 1. The highest BCUT2D eigenvalue weighted by molar-refractivity contribution is 7.47. The molecule has 0 aromatic rings. The molecule has 0 radical (unpaired) electrons. The molecule has 0 spiro atoms. The molecule has 0 aliphatic heterocycles. The highest BCUT2D eigenvalue weighted by Gasteiger charge is 2.28. The number of unbranched alkanes of at least 4 members (excludes halogenated alkanes) is 28. The molecular formula is C42H82NO10P. The molecule has 0 heterocycles. The van der Waals surface area contributed by atoms with Crippen molar-refractivity contribution in [3.8, 4) is 0 Å². The number of phosphoric acid groups is 1. The SMILES string of the molecule is CCCCCCCCCCCCCCCCCCCC(=O)NC(COP(=O)(O)OCC(O)COC(=O)CCCCCCCCCCCCCCC)C(=O)O. The van der Waals surface area contributed by atoms with Crippen molar-refractivity contribution in [2.24, 2.45) is 0 Å². The maximum Gasteiger partial charge on any atom is 0.472 e. The molecule has 1 amide bonds. The van der Waals surface area contributed by atoms with E-state index in [2.05, 4.69) is 19.2 Å². The maximum atomic E-state index is 12.3. The molecule has 11 nitrogen and oxygen atoms in total. The zero-order valence-corrected chi connectivity index (χ0v) is 35.4. The number of aliphatic carboxylic acids is 1. The van der Waals surface area contributed by atoms with Crippen molar-refractivity contribution >= 4 is 25.7 Å². The highest BCUT2D eigenvalue weighted by Crippen LogP contribution is 2.43. The zero-order chi connectivity index (χ0) is 40.0. The number of hydrogen-bond donors (Lipinski definition) is 4. The van der Waals surface area contributed by atoms with Gasteiger partial charge in [0.25, 0.3) is 0 Å². The second-order valence-electron chi connectivity index (χ2n) is 15.3. The highest BCUT2D eigenvalue weighted by atomic mass is 31.2. The van der Waals surface area contributed by atoms with Crippen LogP contribution in [0.15, 0.2) is 0 Å². The van der Waals surface area contributed by atoms with Gasteiger partial charge in [-0.05, 0) is 12.8 Å². The molecule has 0 rings (SSSR count). The van der Waals surface area contributed by atoms with Crippen LogP contribution in [0.5, 0.6) is 0 Å². The Labute approximate surface area is 329 Å².